The molecular weight excluding hydrogens is 270 g/mol. The Morgan fingerprint density at radius 3 is 2.23 bits per heavy atom. The maximum Gasteiger partial charge on any atom is 0.292 e. The summed E-state index contributed by atoms with van der Waals surface area (Å²) in [5.41, 5.74) is 5.27. The van der Waals surface area contributed by atoms with E-state index in [-0.39, 0.29) is 0 Å². The van der Waals surface area contributed by atoms with Crippen molar-refractivity contribution in [2.24, 2.45) is 0 Å². The first-order valence-electron chi connectivity index (χ1n) is 8.03. The Balaban J connectivity index is 1.85. The molecule has 2 nitrogen and oxygen atoms in total. The molecule has 0 radical (unpaired) electrons. The van der Waals surface area contributed by atoms with Gasteiger partial charge in [-0.15, -0.1) is 0 Å². The highest BCUT2D eigenvalue weighted by molar-refractivity contribution is 6.03. The van der Waals surface area contributed by atoms with Crippen LogP contribution in [-0.4, -0.2) is 17.0 Å². The first kappa shape index (κ1) is 13.3. The van der Waals surface area contributed by atoms with Gasteiger partial charge in [-0.25, -0.2) is 0 Å². The zero-order valence-corrected chi connectivity index (χ0v) is 12.7. The lowest BCUT2D eigenvalue weighted by atomic mass is 9.89. The van der Waals surface area contributed by atoms with E-state index in [0.717, 1.165) is 18.6 Å². The number of hydrogen-bond donors (Lipinski definition) is 0. The Kier molecular flexibility index (Phi) is 3.51. The van der Waals surface area contributed by atoms with Crippen LogP contribution in [0.1, 0.15) is 31.2 Å². The van der Waals surface area contributed by atoms with Crippen LogP contribution in [0.4, 0.5) is 5.69 Å². The van der Waals surface area contributed by atoms with Gasteiger partial charge in [0.25, 0.3) is 6.73 Å². The molecule has 2 aromatic carbocycles. The largest absolute Gasteiger partial charge is 0.435 e. The summed E-state index contributed by atoms with van der Waals surface area (Å²) in [6.45, 7) is 0.604. The fourth-order valence-electron chi connectivity index (χ4n) is 3.41. The van der Waals surface area contributed by atoms with Crippen molar-refractivity contribution in [3.8, 4) is 0 Å². The summed E-state index contributed by atoms with van der Waals surface area (Å²) in [7, 11) is 0. The first-order valence-corrected chi connectivity index (χ1v) is 8.03. The van der Waals surface area contributed by atoms with E-state index in [4.69, 9.17) is 4.74 Å². The minimum atomic E-state index is 0.604. The van der Waals surface area contributed by atoms with E-state index in [1.807, 2.05) is 0 Å². The minimum absolute atomic E-state index is 0.604. The molecule has 0 bridgehead atoms. The van der Waals surface area contributed by atoms with Crippen molar-refractivity contribution in [1.29, 1.82) is 0 Å². The number of rotatable bonds is 2. The number of fused-ring (bicyclic) bond motifs is 1. The SMILES string of the molecule is c1ccc(C2=C3CCCCC3=[N+](c3ccccc3)CO2)cc1. The molecule has 1 heterocycles. The predicted molar refractivity (Wildman–Crippen MR) is 89.2 cm³/mol. The van der Waals surface area contributed by atoms with Crippen LogP contribution in [0.25, 0.3) is 5.76 Å². The molecule has 110 valence electrons. The third kappa shape index (κ3) is 2.35. The second-order valence-electron chi connectivity index (χ2n) is 5.86. The summed E-state index contributed by atoms with van der Waals surface area (Å²) in [5, 5.41) is 0. The molecule has 22 heavy (non-hydrogen) atoms. The van der Waals surface area contributed by atoms with Crippen molar-refractivity contribution >= 4 is 17.2 Å². The molecule has 2 aromatic rings. The van der Waals surface area contributed by atoms with E-state index in [2.05, 4.69) is 65.2 Å². The average Bonchev–Trinajstić information content (AvgIpc) is 2.62. The summed E-state index contributed by atoms with van der Waals surface area (Å²) < 4.78 is 8.52. The van der Waals surface area contributed by atoms with Gasteiger partial charge in [0, 0.05) is 24.1 Å². The Morgan fingerprint density at radius 1 is 0.773 bits per heavy atom. The van der Waals surface area contributed by atoms with Crippen LogP contribution in [0.5, 0.6) is 0 Å². The number of benzene rings is 2. The highest BCUT2D eigenvalue weighted by atomic mass is 16.5. The maximum atomic E-state index is 6.19. The van der Waals surface area contributed by atoms with E-state index < -0.39 is 0 Å². The van der Waals surface area contributed by atoms with Crippen LogP contribution >= 0.6 is 0 Å². The van der Waals surface area contributed by atoms with Gasteiger partial charge in [-0.1, -0.05) is 48.5 Å². The summed E-state index contributed by atoms with van der Waals surface area (Å²) in [6, 6.07) is 21.1. The van der Waals surface area contributed by atoms with Crippen LogP contribution in [-0.2, 0) is 4.74 Å². The zero-order chi connectivity index (χ0) is 14.8. The number of para-hydroxylation sites is 1. The summed E-state index contributed by atoms with van der Waals surface area (Å²) in [6.07, 6.45) is 4.78. The van der Waals surface area contributed by atoms with Crippen LogP contribution in [0, 0.1) is 0 Å². The van der Waals surface area contributed by atoms with E-state index in [0.29, 0.717) is 6.73 Å². The van der Waals surface area contributed by atoms with Crippen molar-refractivity contribution in [2.75, 3.05) is 6.73 Å². The van der Waals surface area contributed by atoms with Gasteiger partial charge in [0.15, 0.2) is 5.71 Å². The van der Waals surface area contributed by atoms with Gasteiger partial charge in [0.05, 0.1) is 5.57 Å². The van der Waals surface area contributed by atoms with E-state index in [1.54, 1.807) is 0 Å². The van der Waals surface area contributed by atoms with E-state index >= 15 is 0 Å². The van der Waals surface area contributed by atoms with Crippen molar-refractivity contribution in [2.45, 2.75) is 25.7 Å². The number of ether oxygens (including phenoxy) is 1. The van der Waals surface area contributed by atoms with Crippen molar-refractivity contribution in [1.82, 2.24) is 0 Å². The molecule has 0 spiro atoms. The second-order valence-corrected chi connectivity index (χ2v) is 5.86. The number of nitrogens with zero attached hydrogens (tertiary/aromatic N) is 1. The molecule has 0 unspecified atom stereocenters. The molecule has 2 heteroatoms. The highest BCUT2D eigenvalue weighted by Gasteiger charge is 2.32. The molecule has 1 aliphatic heterocycles. The second kappa shape index (κ2) is 5.80. The molecule has 1 saturated carbocycles. The Hall–Kier alpha value is -2.35. The summed E-state index contributed by atoms with van der Waals surface area (Å²) >= 11 is 0. The monoisotopic (exact) mass is 290 g/mol. The highest BCUT2D eigenvalue weighted by Crippen LogP contribution is 2.34. The van der Waals surface area contributed by atoms with Crippen LogP contribution in [0.2, 0.25) is 0 Å². The normalized spacial score (nSPS) is 18.0. The lowest BCUT2D eigenvalue weighted by molar-refractivity contribution is -0.486. The Bertz CT molecular complexity index is 663. The van der Waals surface area contributed by atoms with E-state index in [9.17, 15) is 0 Å². The molecule has 1 fully saturated rings. The van der Waals surface area contributed by atoms with Crippen LogP contribution in [0.15, 0.2) is 66.2 Å². The average molecular weight is 290 g/mol. The molecule has 0 N–H and O–H groups in total. The smallest absolute Gasteiger partial charge is 0.292 e. The van der Waals surface area contributed by atoms with Gasteiger partial charge in [0.1, 0.15) is 5.76 Å². The predicted octanol–water partition coefficient (Wildman–Crippen LogP) is 4.74. The third-order valence-corrected chi connectivity index (χ3v) is 4.48. The van der Waals surface area contributed by atoms with Gasteiger partial charge in [-0.05, 0) is 19.3 Å². The number of allylic oxidation sites excluding steroid dienone is 1. The molecule has 0 saturated heterocycles. The van der Waals surface area contributed by atoms with Gasteiger partial charge in [-0.3, -0.25) is 0 Å². The topological polar surface area (TPSA) is 12.2 Å². The minimum Gasteiger partial charge on any atom is -0.435 e. The van der Waals surface area contributed by atoms with Gasteiger partial charge in [0.2, 0.25) is 5.69 Å². The van der Waals surface area contributed by atoms with Gasteiger partial charge in [-0.2, -0.15) is 4.58 Å². The quantitative estimate of drug-likeness (QED) is 0.727. The molecule has 0 atom stereocenters. The Morgan fingerprint density at radius 2 is 1.45 bits per heavy atom. The Labute approximate surface area is 131 Å². The van der Waals surface area contributed by atoms with Crippen molar-refractivity contribution in [3.63, 3.8) is 0 Å². The zero-order valence-electron chi connectivity index (χ0n) is 12.7. The molecule has 0 aromatic heterocycles. The van der Waals surface area contributed by atoms with Crippen molar-refractivity contribution < 1.29 is 9.31 Å². The van der Waals surface area contributed by atoms with Crippen molar-refractivity contribution in [3.05, 3.63) is 71.8 Å². The maximum absolute atomic E-state index is 6.19. The standard InChI is InChI=1S/C20H20NO/c1-3-9-16(10-4-1)20-18-13-7-8-14-19(18)21(15-22-20)17-11-5-2-6-12-17/h1-6,9-12H,7-8,13-15H2/q+1. The summed E-state index contributed by atoms with van der Waals surface area (Å²) in [4.78, 5) is 0. The third-order valence-electron chi connectivity index (χ3n) is 4.48. The molecule has 0 amide bonds. The fourth-order valence-corrected chi connectivity index (χ4v) is 3.41. The van der Waals surface area contributed by atoms with Crippen LogP contribution in [0.3, 0.4) is 0 Å². The lowest BCUT2D eigenvalue weighted by Gasteiger charge is -2.25. The number of hydrogen-bond acceptors (Lipinski definition) is 1. The first-order chi connectivity index (χ1) is 10.9. The fraction of sp³-hybridized carbons (Fsp3) is 0.250. The van der Waals surface area contributed by atoms with E-state index in [1.165, 1.54) is 35.4 Å². The van der Waals surface area contributed by atoms with Gasteiger partial charge >= 0.3 is 0 Å². The molecule has 1 aliphatic carbocycles. The summed E-state index contributed by atoms with van der Waals surface area (Å²) in [5.74, 6) is 1.09. The molecular formula is C20H20NO+. The van der Waals surface area contributed by atoms with Gasteiger partial charge < -0.3 is 4.74 Å². The van der Waals surface area contributed by atoms with Crippen LogP contribution < -0.4 is 0 Å². The molecule has 4 rings (SSSR count). The molecule has 2 aliphatic rings. The lowest BCUT2D eigenvalue weighted by Crippen LogP contribution is -2.29.